The van der Waals surface area contributed by atoms with Crippen molar-refractivity contribution in [3.05, 3.63) is 0 Å². The first-order valence-corrected chi connectivity index (χ1v) is 3.17. The average Bonchev–Trinajstić information content (AvgIpc) is 1.82. The molecule has 0 rings (SSSR count). The Morgan fingerprint density at radius 2 is 1.20 bits per heavy atom. The predicted octanol–water partition coefficient (Wildman–Crippen LogP) is -3.08. The van der Waals surface area contributed by atoms with Crippen LogP contribution in [-0.4, -0.2) is 113 Å². The van der Waals surface area contributed by atoms with E-state index in [1.54, 1.807) is 0 Å². The molecule has 82 valence electrons. The molecule has 0 aromatic carbocycles. The number of aliphatic hydroxyl groups is 1. The van der Waals surface area contributed by atoms with Gasteiger partial charge in [-0.3, -0.25) is 9.59 Å². The molecule has 0 saturated carbocycles. The Morgan fingerprint density at radius 3 is 1.33 bits per heavy atom. The van der Waals surface area contributed by atoms with Crippen LogP contribution in [0.5, 0.6) is 0 Å². The van der Waals surface area contributed by atoms with Crippen LogP contribution in [0.4, 0.5) is 0 Å². The van der Waals surface area contributed by atoms with Gasteiger partial charge in [0.1, 0.15) is 0 Å². The third kappa shape index (κ3) is 8.36. The SMILES string of the molecule is O=C(O)CC(O)(CC(=O)O)C(=O)O.[AlH3].[KH]. The van der Waals surface area contributed by atoms with Crippen LogP contribution in [0.25, 0.3) is 0 Å². The summed E-state index contributed by atoms with van der Waals surface area (Å²) in [5, 5.41) is 33.8. The second-order valence-corrected chi connectivity index (χ2v) is 2.48. The Bertz CT molecular complexity index is 238. The third-order valence-electron chi connectivity index (χ3n) is 1.29. The Morgan fingerprint density at radius 1 is 0.933 bits per heavy atom. The summed E-state index contributed by atoms with van der Waals surface area (Å²) in [6.07, 6.45) is -2.29. The Kier molecular flexibility index (Phi) is 12.1. The van der Waals surface area contributed by atoms with E-state index in [0.29, 0.717) is 0 Å². The fourth-order valence-corrected chi connectivity index (χ4v) is 0.714. The molecule has 0 aromatic heterocycles. The number of carboxylic acids is 3. The van der Waals surface area contributed by atoms with Crippen LogP contribution in [0.15, 0.2) is 0 Å². The van der Waals surface area contributed by atoms with Crippen molar-refractivity contribution in [1.29, 1.82) is 0 Å². The van der Waals surface area contributed by atoms with Gasteiger partial charge in [0.2, 0.25) is 0 Å². The van der Waals surface area contributed by atoms with Crippen molar-refractivity contribution in [3.63, 3.8) is 0 Å². The molecule has 0 atom stereocenters. The van der Waals surface area contributed by atoms with Crippen LogP contribution in [0.2, 0.25) is 0 Å². The standard InChI is InChI=1S/C6H8O7.Al.K.4H/c7-3(8)1-6(13,5(11)12)2-4(9)10;;;;;;/h13H,1-2H2,(H,7,8)(H,9,10)(H,11,12);;;;;;. The van der Waals surface area contributed by atoms with Gasteiger partial charge < -0.3 is 20.4 Å². The van der Waals surface area contributed by atoms with Gasteiger partial charge in [0.15, 0.2) is 23.0 Å². The summed E-state index contributed by atoms with van der Waals surface area (Å²) in [6.45, 7) is 0. The van der Waals surface area contributed by atoms with E-state index in [0.717, 1.165) is 0 Å². The quantitative estimate of drug-likeness (QED) is 0.386. The van der Waals surface area contributed by atoms with Crippen molar-refractivity contribution in [2.45, 2.75) is 18.4 Å². The summed E-state index contributed by atoms with van der Waals surface area (Å²) in [5.74, 6) is -5.02. The van der Waals surface area contributed by atoms with E-state index >= 15 is 0 Å². The Labute approximate surface area is 138 Å². The third-order valence-corrected chi connectivity index (χ3v) is 1.29. The number of carboxylic acid groups (broad SMARTS) is 3. The second-order valence-electron chi connectivity index (χ2n) is 2.48. The van der Waals surface area contributed by atoms with Crippen molar-refractivity contribution in [3.8, 4) is 0 Å². The number of aliphatic carboxylic acids is 3. The molecule has 0 aliphatic rings. The molecule has 0 saturated heterocycles. The van der Waals surface area contributed by atoms with E-state index in [1.165, 1.54) is 0 Å². The van der Waals surface area contributed by atoms with Gasteiger partial charge >= 0.3 is 69.3 Å². The first-order chi connectivity index (χ1) is 5.78. The van der Waals surface area contributed by atoms with E-state index in [1.807, 2.05) is 0 Å². The summed E-state index contributed by atoms with van der Waals surface area (Å²) in [6, 6.07) is 0. The van der Waals surface area contributed by atoms with E-state index in [4.69, 9.17) is 20.4 Å². The van der Waals surface area contributed by atoms with Crippen LogP contribution in [0.1, 0.15) is 12.8 Å². The van der Waals surface area contributed by atoms with Crippen LogP contribution in [-0.2, 0) is 14.4 Å². The van der Waals surface area contributed by atoms with Crippen LogP contribution >= 0.6 is 0 Å². The maximum absolute atomic E-state index is 10.3. The molecular formula is C6H12AlKO7. The molecule has 15 heavy (non-hydrogen) atoms. The van der Waals surface area contributed by atoms with Crippen molar-refractivity contribution >= 4 is 86.7 Å². The molecule has 0 radical (unpaired) electrons. The van der Waals surface area contributed by atoms with Crippen molar-refractivity contribution in [1.82, 2.24) is 0 Å². The summed E-state index contributed by atoms with van der Waals surface area (Å²) in [7, 11) is 0. The topological polar surface area (TPSA) is 132 Å². The van der Waals surface area contributed by atoms with Crippen molar-refractivity contribution in [2.24, 2.45) is 0 Å². The average molecular weight is 262 g/mol. The van der Waals surface area contributed by atoms with Gasteiger partial charge in [-0.15, -0.1) is 0 Å². The summed E-state index contributed by atoms with van der Waals surface area (Å²) in [5.41, 5.74) is -2.74. The molecular weight excluding hydrogens is 250 g/mol. The van der Waals surface area contributed by atoms with E-state index in [9.17, 15) is 14.4 Å². The molecule has 0 aliphatic carbocycles. The molecule has 0 amide bonds. The zero-order valence-corrected chi connectivity index (χ0v) is 6.43. The molecule has 0 spiro atoms. The van der Waals surface area contributed by atoms with Gasteiger partial charge in [-0.05, 0) is 0 Å². The molecule has 4 N–H and O–H groups in total. The summed E-state index contributed by atoms with van der Waals surface area (Å²) >= 11 is 0. The molecule has 0 heterocycles. The molecule has 0 aromatic rings. The fraction of sp³-hybridized carbons (Fsp3) is 0.500. The predicted molar refractivity (Wildman–Crippen MR) is 54.2 cm³/mol. The van der Waals surface area contributed by atoms with E-state index in [-0.39, 0.29) is 68.7 Å². The summed E-state index contributed by atoms with van der Waals surface area (Å²) in [4.78, 5) is 30.5. The van der Waals surface area contributed by atoms with Crippen LogP contribution in [0, 0.1) is 0 Å². The Balaban J connectivity index is -0.000000720. The van der Waals surface area contributed by atoms with E-state index < -0.39 is 36.4 Å². The van der Waals surface area contributed by atoms with Gasteiger partial charge in [0.05, 0.1) is 12.8 Å². The normalized spacial score (nSPS) is 9.40. The monoisotopic (exact) mass is 262 g/mol. The van der Waals surface area contributed by atoms with Gasteiger partial charge in [-0.1, -0.05) is 0 Å². The number of carbonyl (C=O) groups is 3. The van der Waals surface area contributed by atoms with Gasteiger partial charge in [0.25, 0.3) is 0 Å². The molecule has 0 unspecified atom stereocenters. The van der Waals surface area contributed by atoms with Crippen molar-refractivity contribution < 1.29 is 34.8 Å². The second kappa shape index (κ2) is 8.66. The maximum atomic E-state index is 10.3. The molecule has 0 aliphatic heterocycles. The summed E-state index contributed by atoms with van der Waals surface area (Å²) < 4.78 is 0. The zero-order valence-electron chi connectivity index (χ0n) is 6.43. The van der Waals surface area contributed by atoms with E-state index in [2.05, 4.69) is 0 Å². The number of hydrogen-bond donors (Lipinski definition) is 4. The van der Waals surface area contributed by atoms with Gasteiger partial charge in [0, 0.05) is 0 Å². The van der Waals surface area contributed by atoms with Crippen LogP contribution in [0.3, 0.4) is 0 Å². The number of rotatable bonds is 5. The Hall–Kier alpha value is 0.539. The number of hydrogen-bond acceptors (Lipinski definition) is 4. The van der Waals surface area contributed by atoms with Crippen molar-refractivity contribution in [2.75, 3.05) is 0 Å². The van der Waals surface area contributed by atoms with Crippen LogP contribution < -0.4 is 0 Å². The minimum absolute atomic E-state index is 0. The fourth-order valence-electron chi connectivity index (χ4n) is 0.714. The first-order valence-electron chi connectivity index (χ1n) is 3.17. The molecule has 0 fully saturated rings. The molecule has 0 bridgehead atoms. The minimum atomic E-state index is -2.74. The first kappa shape index (κ1) is 20.9. The van der Waals surface area contributed by atoms with Gasteiger partial charge in [-0.25, -0.2) is 4.79 Å². The molecule has 9 heteroatoms. The molecule has 7 nitrogen and oxygen atoms in total. The zero-order chi connectivity index (χ0) is 10.6. The van der Waals surface area contributed by atoms with Gasteiger partial charge in [-0.2, -0.15) is 0 Å².